The second kappa shape index (κ2) is 11.7. The number of hydrogen-bond acceptors (Lipinski definition) is 3. The summed E-state index contributed by atoms with van der Waals surface area (Å²) in [6, 6.07) is 37.1. The average Bonchev–Trinajstić information content (AvgIpc) is 3.46. The van der Waals surface area contributed by atoms with Crippen molar-refractivity contribution in [2.45, 2.75) is 19.9 Å². The van der Waals surface area contributed by atoms with Gasteiger partial charge in [0.2, 0.25) is 0 Å². The third kappa shape index (κ3) is 5.69. The van der Waals surface area contributed by atoms with E-state index in [9.17, 15) is 4.79 Å². The Morgan fingerprint density at radius 2 is 1.34 bits per heavy atom. The fourth-order valence-electron chi connectivity index (χ4n) is 5.58. The average molecular weight is 561 g/mol. The van der Waals surface area contributed by atoms with Crippen molar-refractivity contribution in [3.8, 4) is 16.9 Å². The van der Waals surface area contributed by atoms with Crippen LogP contribution in [0.1, 0.15) is 38.8 Å². The van der Waals surface area contributed by atoms with Crippen LogP contribution in [0.2, 0.25) is 5.02 Å². The van der Waals surface area contributed by atoms with Crippen LogP contribution in [0.25, 0.3) is 16.9 Å². The number of piperazine rings is 1. The van der Waals surface area contributed by atoms with Crippen molar-refractivity contribution in [2.24, 2.45) is 0 Å². The topological polar surface area (TPSA) is 41.4 Å². The molecule has 0 bridgehead atoms. The molecule has 41 heavy (non-hydrogen) atoms. The summed E-state index contributed by atoms with van der Waals surface area (Å²) in [5.74, 6) is -0.0156. The van der Waals surface area contributed by atoms with E-state index in [1.165, 1.54) is 22.3 Å². The Bertz CT molecular complexity index is 1600. The number of carbonyl (C=O) groups is 1. The number of rotatable bonds is 6. The molecule has 0 saturated carbocycles. The molecule has 1 aliphatic heterocycles. The SMILES string of the molecule is Cc1ccc(-c2cc(C(=O)N3CCN(C(c4ccccc4)c4ccccc4)CC3)n(-c3ccc(Cl)cc3)n2)cc1C. The van der Waals surface area contributed by atoms with E-state index in [1.54, 1.807) is 4.68 Å². The maximum Gasteiger partial charge on any atom is 0.272 e. The van der Waals surface area contributed by atoms with Crippen LogP contribution in [0.5, 0.6) is 0 Å². The Hall–Kier alpha value is -4.19. The lowest BCUT2D eigenvalue weighted by Gasteiger charge is -2.39. The van der Waals surface area contributed by atoms with Gasteiger partial charge in [-0.2, -0.15) is 5.10 Å². The van der Waals surface area contributed by atoms with E-state index in [-0.39, 0.29) is 11.9 Å². The number of hydrogen-bond donors (Lipinski definition) is 0. The van der Waals surface area contributed by atoms with E-state index in [1.807, 2.05) is 35.2 Å². The van der Waals surface area contributed by atoms with Gasteiger partial charge in [0.1, 0.15) is 5.69 Å². The summed E-state index contributed by atoms with van der Waals surface area (Å²) in [6.45, 7) is 7.02. The standard InChI is InChI=1S/C35H33ClN4O/c1-25-13-14-29(23-26(25)2)32-24-33(40(37-32)31-17-15-30(36)16-18-31)35(41)39-21-19-38(20-22-39)34(27-9-5-3-6-10-27)28-11-7-4-8-12-28/h3-18,23-24,34H,19-22H2,1-2H3. The summed E-state index contributed by atoms with van der Waals surface area (Å²) >= 11 is 6.17. The molecule has 1 aromatic heterocycles. The third-order valence-corrected chi connectivity index (χ3v) is 8.25. The molecule has 1 fully saturated rings. The molecule has 206 valence electrons. The van der Waals surface area contributed by atoms with Crippen molar-refractivity contribution in [3.05, 3.63) is 142 Å². The van der Waals surface area contributed by atoms with Crippen LogP contribution < -0.4 is 0 Å². The normalized spacial score (nSPS) is 14.0. The van der Waals surface area contributed by atoms with E-state index in [2.05, 4.69) is 97.6 Å². The number of carbonyl (C=O) groups excluding carboxylic acids is 1. The van der Waals surface area contributed by atoms with Gasteiger partial charge in [-0.25, -0.2) is 4.68 Å². The summed E-state index contributed by atoms with van der Waals surface area (Å²) in [5.41, 5.74) is 8.07. The van der Waals surface area contributed by atoms with E-state index >= 15 is 0 Å². The van der Waals surface area contributed by atoms with Gasteiger partial charge in [-0.15, -0.1) is 0 Å². The molecule has 6 heteroatoms. The molecule has 5 nitrogen and oxygen atoms in total. The smallest absolute Gasteiger partial charge is 0.272 e. The quantitative estimate of drug-likeness (QED) is 0.218. The first-order chi connectivity index (χ1) is 20.0. The highest BCUT2D eigenvalue weighted by molar-refractivity contribution is 6.30. The Balaban J connectivity index is 1.28. The van der Waals surface area contributed by atoms with Crippen molar-refractivity contribution >= 4 is 17.5 Å². The van der Waals surface area contributed by atoms with Crippen LogP contribution in [-0.4, -0.2) is 51.7 Å². The highest BCUT2D eigenvalue weighted by Crippen LogP contribution is 2.30. The van der Waals surface area contributed by atoms with Gasteiger partial charge in [0.25, 0.3) is 5.91 Å². The highest BCUT2D eigenvalue weighted by atomic mass is 35.5. The second-order valence-corrected chi connectivity index (χ2v) is 11.1. The zero-order valence-corrected chi connectivity index (χ0v) is 24.1. The number of nitrogens with zero attached hydrogens (tertiary/aromatic N) is 4. The monoisotopic (exact) mass is 560 g/mol. The Morgan fingerprint density at radius 3 is 1.93 bits per heavy atom. The van der Waals surface area contributed by atoms with Crippen molar-refractivity contribution < 1.29 is 4.79 Å². The fraction of sp³-hybridized carbons (Fsp3) is 0.200. The van der Waals surface area contributed by atoms with Crippen LogP contribution in [0, 0.1) is 13.8 Å². The van der Waals surface area contributed by atoms with Gasteiger partial charge in [-0.1, -0.05) is 84.4 Å². The zero-order chi connectivity index (χ0) is 28.3. The molecular weight excluding hydrogens is 528 g/mol. The Kier molecular flexibility index (Phi) is 7.73. The minimum Gasteiger partial charge on any atom is -0.335 e. The van der Waals surface area contributed by atoms with Gasteiger partial charge in [0.05, 0.1) is 17.4 Å². The predicted octanol–water partition coefficient (Wildman–Crippen LogP) is 7.36. The maximum absolute atomic E-state index is 14.1. The predicted molar refractivity (Wildman–Crippen MR) is 166 cm³/mol. The largest absolute Gasteiger partial charge is 0.335 e. The number of amides is 1. The lowest BCUT2D eigenvalue weighted by molar-refractivity contribution is 0.0589. The molecule has 0 spiro atoms. The van der Waals surface area contributed by atoms with Crippen molar-refractivity contribution in [1.29, 1.82) is 0 Å². The molecule has 0 unspecified atom stereocenters. The Morgan fingerprint density at radius 1 is 0.732 bits per heavy atom. The summed E-state index contributed by atoms with van der Waals surface area (Å²) in [6.07, 6.45) is 0. The molecule has 0 radical (unpaired) electrons. The van der Waals surface area contributed by atoms with E-state index in [0.29, 0.717) is 23.8 Å². The fourth-order valence-corrected chi connectivity index (χ4v) is 5.71. The van der Waals surface area contributed by atoms with Crippen LogP contribution in [0.15, 0.2) is 109 Å². The lowest BCUT2D eigenvalue weighted by atomic mass is 9.96. The van der Waals surface area contributed by atoms with Gasteiger partial charge in [0.15, 0.2) is 0 Å². The number of aryl methyl sites for hydroxylation is 2. The van der Waals surface area contributed by atoms with Crippen LogP contribution in [0.3, 0.4) is 0 Å². The van der Waals surface area contributed by atoms with Crippen molar-refractivity contribution in [1.82, 2.24) is 19.6 Å². The first kappa shape index (κ1) is 27.0. The maximum atomic E-state index is 14.1. The van der Waals surface area contributed by atoms with E-state index < -0.39 is 0 Å². The Labute approximate surface area is 246 Å². The molecule has 2 heterocycles. The third-order valence-electron chi connectivity index (χ3n) is 8.00. The molecule has 5 aromatic rings. The van der Waals surface area contributed by atoms with Crippen molar-refractivity contribution in [2.75, 3.05) is 26.2 Å². The number of aromatic nitrogens is 2. The second-order valence-electron chi connectivity index (χ2n) is 10.7. The van der Waals surface area contributed by atoms with Crippen LogP contribution in [-0.2, 0) is 0 Å². The minimum atomic E-state index is -0.0156. The molecular formula is C35H33ClN4O. The lowest BCUT2D eigenvalue weighted by Crippen LogP contribution is -2.50. The van der Waals surface area contributed by atoms with E-state index in [0.717, 1.165) is 30.0 Å². The van der Waals surface area contributed by atoms with Gasteiger partial charge in [-0.3, -0.25) is 9.69 Å². The molecule has 1 aliphatic rings. The number of benzene rings is 4. The highest BCUT2D eigenvalue weighted by Gasteiger charge is 2.30. The molecule has 1 amide bonds. The molecule has 6 rings (SSSR count). The van der Waals surface area contributed by atoms with Crippen molar-refractivity contribution in [3.63, 3.8) is 0 Å². The summed E-state index contributed by atoms with van der Waals surface area (Å²) in [5, 5.41) is 5.55. The van der Waals surface area contributed by atoms with Crippen LogP contribution in [0.4, 0.5) is 0 Å². The summed E-state index contributed by atoms with van der Waals surface area (Å²) in [4.78, 5) is 18.5. The molecule has 0 atom stereocenters. The van der Waals surface area contributed by atoms with Gasteiger partial charge in [0, 0.05) is 36.8 Å². The van der Waals surface area contributed by atoms with Gasteiger partial charge < -0.3 is 4.90 Å². The first-order valence-electron chi connectivity index (χ1n) is 14.0. The minimum absolute atomic E-state index is 0.0156. The van der Waals surface area contributed by atoms with Gasteiger partial charge >= 0.3 is 0 Å². The summed E-state index contributed by atoms with van der Waals surface area (Å²) in [7, 11) is 0. The molecule has 0 N–H and O–H groups in total. The van der Waals surface area contributed by atoms with Gasteiger partial charge in [-0.05, 0) is 72.5 Å². The van der Waals surface area contributed by atoms with E-state index in [4.69, 9.17) is 16.7 Å². The molecule has 4 aromatic carbocycles. The zero-order valence-electron chi connectivity index (χ0n) is 23.4. The van der Waals surface area contributed by atoms with Crippen LogP contribution >= 0.6 is 11.6 Å². The first-order valence-corrected chi connectivity index (χ1v) is 14.4. The molecule has 0 aliphatic carbocycles. The molecule has 1 saturated heterocycles. The number of halogens is 1. The summed E-state index contributed by atoms with van der Waals surface area (Å²) < 4.78 is 1.76.